The molecule has 4 heteroatoms. The molecule has 2 rings (SSSR count). The maximum atomic E-state index is 10.5. The summed E-state index contributed by atoms with van der Waals surface area (Å²) in [6.45, 7) is 2.73. The Bertz CT molecular complexity index is 397. The number of nitrogens with zero attached hydrogens (tertiary/aromatic N) is 1. The largest absolute Gasteiger partial charge is 0.493 e. The summed E-state index contributed by atoms with van der Waals surface area (Å²) in [5.41, 5.74) is -0.611. The second-order valence-corrected chi connectivity index (χ2v) is 5.33. The van der Waals surface area contributed by atoms with Gasteiger partial charge in [0.1, 0.15) is 0 Å². The van der Waals surface area contributed by atoms with Gasteiger partial charge in [0.2, 0.25) is 0 Å². The van der Waals surface area contributed by atoms with Crippen LogP contribution in [0, 0.1) is 5.92 Å². The number of anilines is 1. The first-order chi connectivity index (χ1) is 8.63. The zero-order valence-electron chi connectivity index (χ0n) is 11.1. The molecular weight excluding hydrogens is 228 g/mol. The van der Waals surface area contributed by atoms with Crippen LogP contribution in [0.15, 0.2) is 18.3 Å². The highest BCUT2D eigenvalue weighted by atomic mass is 16.5. The van der Waals surface area contributed by atoms with Crippen molar-refractivity contribution in [2.75, 3.05) is 19.0 Å². The average Bonchev–Trinajstić information content (AvgIpc) is 2.36. The third-order valence-corrected chi connectivity index (χ3v) is 3.64. The van der Waals surface area contributed by atoms with E-state index in [0.29, 0.717) is 24.0 Å². The van der Waals surface area contributed by atoms with Gasteiger partial charge in [0.05, 0.1) is 12.7 Å². The Kier molecular flexibility index (Phi) is 4.07. The summed E-state index contributed by atoms with van der Waals surface area (Å²) in [4.78, 5) is 4.24. The molecule has 18 heavy (non-hydrogen) atoms. The van der Waals surface area contributed by atoms with Crippen molar-refractivity contribution in [3.05, 3.63) is 18.3 Å². The van der Waals surface area contributed by atoms with Gasteiger partial charge in [-0.05, 0) is 30.9 Å². The summed E-state index contributed by atoms with van der Waals surface area (Å²) in [5, 5.41) is 13.7. The Morgan fingerprint density at radius 3 is 3.17 bits per heavy atom. The maximum Gasteiger partial charge on any atom is 0.168 e. The van der Waals surface area contributed by atoms with Crippen LogP contribution in [0.25, 0.3) is 0 Å². The molecule has 2 unspecified atom stereocenters. The number of aromatic nitrogens is 1. The zero-order valence-corrected chi connectivity index (χ0v) is 11.1. The van der Waals surface area contributed by atoms with Gasteiger partial charge in [0.25, 0.3) is 0 Å². The highest BCUT2D eigenvalue weighted by Crippen LogP contribution is 2.32. The van der Waals surface area contributed by atoms with Crippen molar-refractivity contribution >= 4 is 5.82 Å². The lowest BCUT2D eigenvalue weighted by molar-refractivity contribution is -0.000852. The average molecular weight is 250 g/mol. The minimum absolute atomic E-state index is 0.532. The third-order valence-electron chi connectivity index (χ3n) is 3.64. The van der Waals surface area contributed by atoms with Gasteiger partial charge in [-0.2, -0.15) is 0 Å². The fourth-order valence-corrected chi connectivity index (χ4v) is 2.73. The van der Waals surface area contributed by atoms with E-state index in [2.05, 4.69) is 17.2 Å². The second-order valence-electron chi connectivity index (χ2n) is 5.33. The molecule has 1 aromatic rings. The minimum Gasteiger partial charge on any atom is -0.493 e. The number of nitrogens with one attached hydrogen (secondary N) is 1. The second kappa shape index (κ2) is 5.57. The van der Waals surface area contributed by atoms with Gasteiger partial charge in [-0.15, -0.1) is 0 Å². The van der Waals surface area contributed by atoms with Gasteiger partial charge in [0.15, 0.2) is 11.6 Å². The molecule has 0 bridgehead atoms. The lowest BCUT2D eigenvalue weighted by atomic mass is 9.79. The number of ether oxygens (including phenoxy) is 1. The summed E-state index contributed by atoms with van der Waals surface area (Å²) in [6, 6.07) is 3.70. The molecule has 1 aliphatic carbocycles. The van der Waals surface area contributed by atoms with E-state index in [1.165, 1.54) is 6.42 Å². The molecule has 0 radical (unpaired) electrons. The molecule has 0 aromatic carbocycles. The lowest BCUT2D eigenvalue weighted by Crippen LogP contribution is -2.41. The number of pyridine rings is 1. The van der Waals surface area contributed by atoms with Crippen LogP contribution in [0.3, 0.4) is 0 Å². The maximum absolute atomic E-state index is 10.5. The fraction of sp³-hybridized carbons (Fsp3) is 0.643. The molecule has 1 heterocycles. The van der Waals surface area contributed by atoms with Crippen LogP contribution in [-0.2, 0) is 0 Å². The number of aliphatic hydroxyl groups is 1. The molecule has 1 fully saturated rings. The van der Waals surface area contributed by atoms with Gasteiger partial charge in [-0.25, -0.2) is 4.98 Å². The normalized spacial score (nSPS) is 27.8. The molecule has 100 valence electrons. The fourth-order valence-electron chi connectivity index (χ4n) is 2.73. The van der Waals surface area contributed by atoms with Crippen LogP contribution < -0.4 is 10.1 Å². The summed E-state index contributed by atoms with van der Waals surface area (Å²) in [6.07, 6.45) is 5.75. The molecule has 1 aromatic heterocycles. The van der Waals surface area contributed by atoms with Crippen molar-refractivity contribution in [1.82, 2.24) is 4.98 Å². The highest BCUT2D eigenvalue weighted by molar-refractivity contribution is 5.49. The highest BCUT2D eigenvalue weighted by Gasteiger charge is 2.32. The van der Waals surface area contributed by atoms with Crippen molar-refractivity contribution in [1.29, 1.82) is 0 Å². The Morgan fingerprint density at radius 2 is 2.44 bits per heavy atom. The van der Waals surface area contributed by atoms with E-state index in [1.807, 2.05) is 12.1 Å². The first-order valence-corrected chi connectivity index (χ1v) is 6.58. The number of hydrogen-bond donors (Lipinski definition) is 2. The van der Waals surface area contributed by atoms with Gasteiger partial charge in [0, 0.05) is 12.7 Å². The Morgan fingerprint density at radius 1 is 1.61 bits per heavy atom. The van der Waals surface area contributed by atoms with Crippen LogP contribution in [0.5, 0.6) is 5.75 Å². The molecule has 0 saturated heterocycles. The Hall–Kier alpha value is -1.29. The molecule has 4 nitrogen and oxygen atoms in total. The predicted octanol–water partition coefficient (Wildman–Crippen LogP) is 2.44. The van der Waals surface area contributed by atoms with Crippen LogP contribution >= 0.6 is 0 Å². The van der Waals surface area contributed by atoms with Crippen molar-refractivity contribution in [2.24, 2.45) is 5.92 Å². The topological polar surface area (TPSA) is 54.4 Å². The van der Waals surface area contributed by atoms with Gasteiger partial charge in [-0.1, -0.05) is 19.8 Å². The van der Waals surface area contributed by atoms with E-state index in [4.69, 9.17) is 4.74 Å². The van der Waals surface area contributed by atoms with Crippen LogP contribution in [0.2, 0.25) is 0 Å². The Labute approximate surface area is 108 Å². The number of hydrogen-bond acceptors (Lipinski definition) is 4. The van der Waals surface area contributed by atoms with Crippen LogP contribution in [0.4, 0.5) is 5.82 Å². The van der Waals surface area contributed by atoms with E-state index >= 15 is 0 Å². The quantitative estimate of drug-likeness (QED) is 0.862. The molecular formula is C14H22N2O2. The van der Waals surface area contributed by atoms with E-state index in [1.54, 1.807) is 13.3 Å². The number of rotatable bonds is 4. The van der Waals surface area contributed by atoms with Gasteiger partial charge >= 0.3 is 0 Å². The van der Waals surface area contributed by atoms with E-state index in [9.17, 15) is 5.11 Å². The summed E-state index contributed by atoms with van der Waals surface area (Å²) < 4.78 is 5.23. The zero-order chi connectivity index (χ0) is 13.0. The molecule has 0 spiro atoms. The van der Waals surface area contributed by atoms with Crippen molar-refractivity contribution < 1.29 is 9.84 Å². The molecule has 0 aliphatic heterocycles. The monoisotopic (exact) mass is 250 g/mol. The molecule has 1 aliphatic rings. The van der Waals surface area contributed by atoms with E-state index < -0.39 is 5.60 Å². The standard InChI is InChI=1S/C14H22N2O2/c1-11-5-3-7-14(17,9-11)10-16-13-12(18-2)6-4-8-15-13/h4,6,8,11,17H,3,5,7,9-10H2,1-2H3,(H,15,16). The SMILES string of the molecule is COc1cccnc1NCC1(O)CCCC(C)C1. The minimum atomic E-state index is -0.611. The Balaban J connectivity index is 1.98. The number of methoxy groups -OCH3 is 1. The summed E-state index contributed by atoms with van der Waals surface area (Å²) >= 11 is 0. The van der Waals surface area contributed by atoms with Crippen LogP contribution in [0.1, 0.15) is 32.6 Å². The smallest absolute Gasteiger partial charge is 0.168 e. The van der Waals surface area contributed by atoms with Gasteiger partial charge < -0.3 is 15.2 Å². The van der Waals surface area contributed by atoms with Crippen molar-refractivity contribution in [3.8, 4) is 5.75 Å². The first kappa shape index (κ1) is 13.1. The summed E-state index contributed by atoms with van der Waals surface area (Å²) in [5.74, 6) is 2.01. The lowest BCUT2D eigenvalue weighted by Gasteiger charge is -2.35. The molecule has 1 saturated carbocycles. The molecule has 0 amide bonds. The van der Waals surface area contributed by atoms with Crippen LogP contribution in [-0.4, -0.2) is 29.3 Å². The van der Waals surface area contributed by atoms with E-state index in [-0.39, 0.29) is 0 Å². The van der Waals surface area contributed by atoms with E-state index in [0.717, 1.165) is 19.3 Å². The first-order valence-electron chi connectivity index (χ1n) is 6.58. The predicted molar refractivity (Wildman–Crippen MR) is 71.9 cm³/mol. The van der Waals surface area contributed by atoms with Crippen molar-refractivity contribution in [2.45, 2.75) is 38.2 Å². The summed E-state index contributed by atoms with van der Waals surface area (Å²) in [7, 11) is 1.62. The molecule has 2 atom stereocenters. The molecule has 2 N–H and O–H groups in total. The van der Waals surface area contributed by atoms with Crippen molar-refractivity contribution in [3.63, 3.8) is 0 Å². The third kappa shape index (κ3) is 3.13. The van der Waals surface area contributed by atoms with Gasteiger partial charge in [-0.3, -0.25) is 0 Å².